The fraction of sp³-hybridized carbons (Fsp3) is 0.857. The summed E-state index contributed by atoms with van der Waals surface area (Å²) in [6, 6.07) is 0. The molecule has 20 heavy (non-hydrogen) atoms. The van der Waals surface area contributed by atoms with Crippen molar-refractivity contribution in [3.8, 4) is 0 Å². The topological polar surface area (TPSA) is 77.7 Å². The third kappa shape index (κ3) is 3.70. The lowest BCUT2D eigenvalue weighted by Crippen LogP contribution is -2.35. The zero-order valence-corrected chi connectivity index (χ0v) is 11.4. The lowest BCUT2D eigenvalue weighted by atomic mass is 9.79. The Balaban J connectivity index is 1.50. The van der Waals surface area contributed by atoms with Crippen molar-refractivity contribution in [3.63, 3.8) is 0 Å². The molecule has 6 nitrogen and oxygen atoms in total. The maximum absolute atomic E-state index is 12.1. The number of hydrogen-bond acceptors (Lipinski definition) is 6. The molecule has 0 aromatic heterocycles. The van der Waals surface area contributed by atoms with E-state index in [4.69, 9.17) is 18.9 Å². The van der Waals surface area contributed by atoms with Crippen LogP contribution < -0.4 is 0 Å². The van der Waals surface area contributed by atoms with Crippen LogP contribution in [0.1, 0.15) is 25.7 Å². The Morgan fingerprint density at radius 2 is 1.25 bits per heavy atom. The van der Waals surface area contributed by atoms with Gasteiger partial charge in [0.2, 0.25) is 0 Å². The van der Waals surface area contributed by atoms with E-state index in [2.05, 4.69) is 0 Å². The molecule has 1 saturated carbocycles. The summed E-state index contributed by atoms with van der Waals surface area (Å²) in [5.41, 5.74) is 0. The predicted octanol–water partition coefficient (Wildman–Crippen LogP) is 0.677. The summed E-state index contributed by atoms with van der Waals surface area (Å²) in [6.45, 7) is 1.91. The molecule has 0 bridgehead atoms. The number of carbonyl (C=O) groups excluding carboxylic acids is 2. The van der Waals surface area contributed by atoms with Crippen LogP contribution in [0.5, 0.6) is 0 Å². The van der Waals surface area contributed by atoms with Gasteiger partial charge in [0.25, 0.3) is 0 Å². The van der Waals surface area contributed by atoms with Gasteiger partial charge in [0.15, 0.2) is 0 Å². The van der Waals surface area contributed by atoms with Gasteiger partial charge >= 0.3 is 11.9 Å². The van der Waals surface area contributed by atoms with Crippen molar-refractivity contribution in [2.24, 2.45) is 11.8 Å². The summed E-state index contributed by atoms with van der Waals surface area (Å²) in [5.74, 6) is -1.31. The molecule has 4 atom stereocenters. The number of epoxide rings is 2. The summed E-state index contributed by atoms with van der Waals surface area (Å²) in [5, 5.41) is 0. The van der Waals surface area contributed by atoms with E-state index in [1.165, 1.54) is 0 Å². The molecule has 112 valence electrons. The minimum Gasteiger partial charge on any atom is -0.463 e. The summed E-state index contributed by atoms with van der Waals surface area (Å²) < 4.78 is 20.5. The average Bonchev–Trinajstić information content (AvgIpc) is 3.36. The molecule has 2 aliphatic heterocycles. The Hall–Kier alpha value is -1.14. The van der Waals surface area contributed by atoms with Crippen LogP contribution in [0.2, 0.25) is 0 Å². The van der Waals surface area contributed by atoms with E-state index >= 15 is 0 Å². The van der Waals surface area contributed by atoms with Crippen molar-refractivity contribution in [2.45, 2.75) is 37.9 Å². The highest BCUT2D eigenvalue weighted by atomic mass is 16.6. The number of esters is 2. The van der Waals surface area contributed by atoms with Gasteiger partial charge < -0.3 is 18.9 Å². The van der Waals surface area contributed by atoms with Crippen molar-refractivity contribution in [1.82, 2.24) is 0 Å². The largest absolute Gasteiger partial charge is 0.463 e. The summed E-state index contributed by atoms with van der Waals surface area (Å²) in [6.07, 6.45) is 3.42. The SMILES string of the molecule is O=C(OC[C@@H]1CO1)C1CCCC[C@@H]1C(=O)OCC1CO1. The summed E-state index contributed by atoms with van der Waals surface area (Å²) in [4.78, 5) is 24.2. The minimum atomic E-state index is -0.366. The molecule has 3 aliphatic rings. The molecule has 0 aromatic carbocycles. The Kier molecular flexibility index (Phi) is 4.21. The molecule has 0 N–H and O–H groups in total. The van der Waals surface area contributed by atoms with E-state index in [9.17, 15) is 9.59 Å². The Morgan fingerprint density at radius 1 is 0.850 bits per heavy atom. The number of hydrogen-bond donors (Lipinski definition) is 0. The zero-order chi connectivity index (χ0) is 13.9. The lowest BCUT2D eigenvalue weighted by Gasteiger charge is -2.28. The van der Waals surface area contributed by atoms with Gasteiger partial charge in [-0.05, 0) is 12.8 Å². The van der Waals surface area contributed by atoms with E-state index in [0.717, 1.165) is 12.8 Å². The average molecular weight is 284 g/mol. The van der Waals surface area contributed by atoms with E-state index in [-0.39, 0.29) is 36.0 Å². The summed E-state index contributed by atoms with van der Waals surface area (Å²) >= 11 is 0. The van der Waals surface area contributed by atoms with Crippen molar-refractivity contribution in [3.05, 3.63) is 0 Å². The zero-order valence-electron chi connectivity index (χ0n) is 11.4. The molecule has 3 rings (SSSR count). The van der Waals surface area contributed by atoms with Crippen molar-refractivity contribution in [2.75, 3.05) is 26.4 Å². The molecule has 3 fully saturated rings. The van der Waals surface area contributed by atoms with Gasteiger partial charge in [-0.1, -0.05) is 12.8 Å². The molecule has 0 radical (unpaired) electrons. The second-order valence-corrected chi connectivity index (χ2v) is 5.67. The molecule has 0 amide bonds. The quantitative estimate of drug-likeness (QED) is 0.527. The fourth-order valence-electron chi connectivity index (χ4n) is 2.59. The molecule has 2 heterocycles. The predicted molar refractivity (Wildman–Crippen MR) is 66.8 cm³/mol. The molecule has 6 heteroatoms. The van der Waals surface area contributed by atoms with E-state index in [1.807, 2.05) is 0 Å². The van der Waals surface area contributed by atoms with Gasteiger partial charge in [0, 0.05) is 0 Å². The second-order valence-electron chi connectivity index (χ2n) is 5.67. The van der Waals surface area contributed by atoms with Crippen LogP contribution in [0.15, 0.2) is 0 Å². The van der Waals surface area contributed by atoms with Gasteiger partial charge in [0.05, 0.1) is 25.0 Å². The van der Waals surface area contributed by atoms with Crippen LogP contribution in [0, 0.1) is 11.8 Å². The van der Waals surface area contributed by atoms with Crippen molar-refractivity contribution >= 4 is 11.9 Å². The van der Waals surface area contributed by atoms with Crippen molar-refractivity contribution in [1.29, 1.82) is 0 Å². The van der Waals surface area contributed by atoms with Gasteiger partial charge in [-0.3, -0.25) is 9.59 Å². The standard InChI is InChI=1S/C14H20O6/c15-13(19-7-9-5-17-9)11-3-1-2-4-12(11)14(16)20-8-10-6-18-10/h9-12H,1-8H2/t9-,10?,11?,12-/m0/s1. The fourth-order valence-corrected chi connectivity index (χ4v) is 2.59. The normalized spacial score (nSPS) is 35.2. The number of ether oxygens (including phenoxy) is 4. The van der Waals surface area contributed by atoms with E-state index in [1.54, 1.807) is 0 Å². The van der Waals surface area contributed by atoms with Crippen LogP contribution in [-0.2, 0) is 28.5 Å². The highest BCUT2D eigenvalue weighted by Crippen LogP contribution is 2.32. The number of carbonyl (C=O) groups is 2. The first-order chi connectivity index (χ1) is 9.74. The van der Waals surface area contributed by atoms with Crippen molar-refractivity contribution < 1.29 is 28.5 Å². The monoisotopic (exact) mass is 284 g/mol. The Labute approximate surface area is 117 Å². The summed E-state index contributed by atoms with van der Waals surface area (Å²) in [7, 11) is 0. The van der Waals surface area contributed by atoms with Crippen LogP contribution in [-0.4, -0.2) is 50.6 Å². The Bertz CT molecular complexity index is 338. The third-order valence-electron chi connectivity index (χ3n) is 4.00. The molecule has 2 saturated heterocycles. The molecule has 0 aromatic rings. The highest BCUT2D eigenvalue weighted by Gasteiger charge is 2.39. The molecule has 0 spiro atoms. The van der Waals surface area contributed by atoms with Gasteiger partial charge in [-0.2, -0.15) is 0 Å². The van der Waals surface area contributed by atoms with Gasteiger partial charge in [0.1, 0.15) is 25.4 Å². The molecular weight excluding hydrogens is 264 g/mol. The van der Waals surface area contributed by atoms with E-state index in [0.29, 0.717) is 39.3 Å². The number of rotatable bonds is 6. The molecule has 2 unspecified atom stereocenters. The van der Waals surface area contributed by atoms with Crippen LogP contribution in [0.25, 0.3) is 0 Å². The third-order valence-corrected chi connectivity index (χ3v) is 4.00. The van der Waals surface area contributed by atoms with Crippen LogP contribution >= 0.6 is 0 Å². The van der Waals surface area contributed by atoms with E-state index < -0.39 is 0 Å². The van der Waals surface area contributed by atoms with Gasteiger partial charge in [-0.15, -0.1) is 0 Å². The first-order valence-electron chi connectivity index (χ1n) is 7.30. The lowest BCUT2D eigenvalue weighted by molar-refractivity contribution is -0.163. The molecule has 1 aliphatic carbocycles. The second kappa shape index (κ2) is 6.10. The minimum absolute atomic E-state index is 0.0555. The van der Waals surface area contributed by atoms with Gasteiger partial charge in [-0.25, -0.2) is 0 Å². The first-order valence-corrected chi connectivity index (χ1v) is 7.30. The maximum atomic E-state index is 12.1. The van der Waals surface area contributed by atoms with Crippen LogP contribution in [0.3, 0.4) is 0 Å². The first kappa shape index (κ1) is 13.8. The highest BCUT2D eigenvalue weighted by molar-refractivity contribution is 5.82. The molecular formula is C14H20O6. The Morgan fingerprint density at radius 3 is 1.60 bits per heavy atom. The van der Waals surface area contributed by atoms with Crippen LogP contribution in [0.4, 0.5) is 0 Å². The smallest absolute Gasteiger partial charge is 0.309 e. The maximum Gasteiger partial charge on any atom is 0.309 e.